The van der Waals surface area contributed by atoms with Crippen LogP contribution in [-0.2, 0) is 9.59 Å². The van der Waals surface area contributed by atoms with E-state index in [1.807, 2.05) is 11.1 Å². The van der Waals surface area contributed by atoms with Crippen molar-refractivity contribution in [2.24, 2.45) is 0 Å². The van der Waals surface area contributed by atoms with Gasteiger partial charge in [0.1, 0.15) is 0 Å². The molecule has 3 rings (SSSR count). The van der Waals surface area contributed by atoms with Crippen molar-refractivity contribution in [2.45, 2.75) is 51.4 Å². The predicted molar refractivity (Wildman–Crippen MR) is 86.9 cm³/mol. The van der Waals surface area contributed by atoms with Crippen molar-refractivity contribution in [1.82, 2.24) is 20.0 Å². The molecule has 2 fully saturated rings. The van der Waals surface area contributed by atoms with Gasteiger partial charge in [0.25, 0.3) is 0 Å². The number of nitrogens with one attached hydrogen (secondary N) is 1. The van der Waals surface area contributed by atoms with E-state index in [2.05, 4.69) is 17.1 Å². The number of aryl methyl sites for hydroxylation is 1. The van der Waals surface area contributed by atoms with Gasteiger partial charge in [-0.3, -0.25) is 14.7 Å². The summed E-state index contributed by atoms with van der Waals surface area (Å²) in [6, 6.07) is 0. The van der Waals surface area contributed by atoms with Crippen LogP contribution in [0.5, 0.6) is 0 Å². The smallest absolute Gasteiger partial charge is 0.242 e. The standard InChI is InChI=1S/C17H26N4O2/c1-13-10-18-19-17(13)14-6-5-9-20(11-14)16(23)12-21-8-4-2-3-7-15(21)22/h10,14H,2-9,11-12H2,1H3,(H,18,19)/t14-/m1/s1. The molecule has 0 bridgehead atoms. The van der Waals surface area contributed by atoms with Gasteiger partial charge in [-0.25, -0.2) is 0 Å². The third-order valence-electron chi connectivity index (χ3n) is 5.05. The first kappa shape index (κ1) is 16.0. The van der Waals surface area contributed by atoms with Crippen LogP contribution in [0.1, 0.15) is 55.7 Å². The monoisotopic (exact) mass is 318 g/mol. The molecule has 3 heterocycles. The van der Waals surface area contributed by atoms with Gasteiger partial charge in [-0.1, -0.05) is 6.42 Å². The van der Waals surface area contributed by atoms with E-state index in [0.29, 0.717) is 12.3 Å². The molecule has 1 aromatic rings. The maximum atomic E-state index is 12.6. The van der Waals surface area contributed by atoms with E-state index in [1.54, 1.807) is 4.90 Å². The molecule has 2 amide bonds. The van der Waals surface area contributed by atoms with Crippen LogP contribution in [-0.4, -0.2) is 58.0 Å². The first-order valence-electron chi connectivity index (χ1n) is 8.70. The molecule has 2 aliphatic rings. The molecule has 1 N–H and O–H groups in total. The molecular formula is C17H26N4O2. The van der Waals surface area contributed by atoms with E-state index in [-0.39, 0.29) is 18.4 Å². The molecule has 2 aliphatic heterocycles. The normalized spacial score (nSPS) is 23.0. The minimum absolute atomic E-state index is 0.0853. The van der Waals surface area contributed by atoms with Crippen LogP contribution in [0, 0.1) is 6.92 Å². The second kappa shape index (κ2) is 7.15. The SMILES string of the molecule is Cc1cn[nH]c1[C@@H]1CCCN(C(=O)CN2CCCCCC2=O)C1. The summed E-state index contributed by atoms with van der Waals surface area (Å²) in [4.78, 5) is 28.4. The fourth-order valence-corrected chi connectivity index (χ4v) is 3.68. The Morgan fingerprint density at radius 3 is 2.96 bits per heavy atom. The number of piperidine rings is 1. The van der Waals surface area contributed by atoms with Gasteiger partial charge >= 0.3 is 0 Å². The lowest BCUT2D eigenvalue weighted by Crippen LogP contribution is -2.46. The third kappa shape index (κ3) is 3.74. The Bertz CT molecular complexity index is 569. The molecule has 0 radical (unpaired) electrons. The maximum Gasteiger partial charge on any atom is 0.242 e. The highest BCUT2D eigenvalue weighted by Crippen LogP contribution is 2.27. The number of rotatable bonds is 3. The van der Waals surface area contributed by atoms with Gasteiger partial charge in [0.05, 0.1) is 12.7 Å². The largest absolute Gasteiger partial charge is 0.340 e. The highest BCUT2D eigenvalue weighted by atomic mass is 16.2. The highest BCUT2D eigenvalue weighted by molar-refractivity contribution is 5.85. The Labute approximate surface area is 137 Å². The summed E-state index contributed by atoms with van der Waals surface area (Å²) in [6.07, 6.45) is 7.55. The number of H-pyrrole nitrogens is 1. The zero-order chi connectivity index (χ0) is 16.2. The lowest BCUT2D eigenvalue weighted by molar-refractivity contribution is -0.140. The van der Waals surface area contributed by atoms with Gasteiger partial charge in [0, 0.05) is 37.7 Å². The zero-order valence-electron chi connectivity index (χ0n) is 13.9. The number of aromatic amines is 1. The average molecular weight is 318 g/mol. The second-order valence-electron chi connectivity index (χ2n) is 6.77. The van der Waals surface area contributed by atoms with E-state index in [0.717, 1.165) is 63.0 Å². The number of likely N-dealkylation sites (tertiary alicyclic amines) is 2. The quantitative estimate of drug-likeness (QED) is 0.924. The Hall–Kier alpha value is -1.85. The highest BCUT2D eigenvalue weighted by Gasteiger charge is 2.28. The summed E-state index contributed by atoms with van der Waals surface area (Å²) in [5, 5.41) is 7.18. The third-order valence-corrected chi connectivity index (χ3v) is 5.05. The van der Waals surface area contributed by atoms with Crippen LogP contribution in [0.25, 0.3) is 0 Å². The van der Waals surface area contributed by atoms with Crippen molar-refractivity contribution >= 4 is 11.8 Å². The van der Waals surface area contributed by atoms with Crippen molar-refractivity contribution in [1.29, 1.82) is 0 Å². The molecule has 126 valence electrons. The Morgan fingerprint density at radius 1 is 1.30 bits per heavy atom. The Morgan fingerprint density at radius 2 is 2.17 bits per heavy atom. The van der Waals surface area contributed by atoms with E-state index in [9.17, 15) is 9.59 Å². The number of nitrogens with zero attached hydrogens (tertiary/aromatic N) is 3. The molecule has 0 spiro atoms. The Balaban J connectivity index is 1.60. The lowest BCUT2D eigenvalue weighted by atomic mass is 9.93. The minimum atomic E-state index is 0.0853. The summed E-state index contributed by atoms with van der Waals surface area (Å²) in [5.74, 6) is 0.547. The van der Waals surface area contributed by atoms with Crippen molar-refractivity contribution in [2.75, 3.05) is 26.2 Å². The van der Waals surface area contributed by atoms with Crippen molar-refractivity contribution in [3.05, 3.63) is 17.5 Å². The molecule has 1 atom stereocenters. The van der Waals surface area contributed by atoms with Gasteiger partial charge in [-0.2, -0.15) is 5.10 Å². The topological polar surface area (TPSA) is 69.3 Å². The van der Waals surface area contributed by atoms with Gasteiger partial charge in [0.15, 0.2) is 0 Å². The minimum Gasteiger partial charge on any atom is -0.340 e. The summed E-state index contributed by atoms with van der Waals surface area (Å²) in [5.41, 5.74) is 2.31. The van der Waals surface area contributed by atoms with Crippen LogP contribution < -0.4 is 0 Å². The summed E-state index contributed by atoms with van der Waals surface area (Å²) < 4.78 is 0. The number of amides is 2. The number of carbonyl (C=O) groups excluding carboxylic acids is 2. The van der Waals surface area contributed by atoms with Gasteiger partial charge in [-0.15, -0.1) is 0 Å². The zero-order valence-corrected chi connectivity index (χ0v) is 13.9. The van der Waals surface area contributed by atoms with Crippen LogP contribution in [0.4, 0.5) is 0 Å². The van der Waals surface area contributed by atoms with Crippen molar-refractivity contribution in [3.63, 3.8) is 0 Å². The molecule has 1 aromatic heterocycles. The van der Waals surface area contributed by atoms with E-state index >= 15 is 0 Å². The number of hydrogen-bond acceptors (Lipinski definition) is 3. The summed E-state index contributed by atoms with van der Waals surface area (Å²) in [7, 11) is 0. The fraction of sp³-hybridized carbons (Fsp3) is 0.706. The van der Waals surface area contributed by atoms with Gasteiger partial charge in [0.2, 0.25) is 11.8 Å². The molecule has 6 heteroatoms. The van der Waals surface area contributed by atoms with Crippen LogP contribution in [0.15, 0.2) is 6.20 Å². The molecule has 0 saturated carbocycles. The number of carbonyl (C=O) groups is 2. The van der Waals surface area contributed by atoms with Crippen LogP contribution >= 0.6 is 0 Å². The molecule has 6 nitrogen and oxygen atoms in total. The second-order valence-corrected chi connectivity index (χ2v) is 6.77. The fourth-order valence-electron chi connectivity index (χ4n) is 3.68. The van der Waals surface area contributed by atoms with Crippen LogP contribution in [0.2, 0.25) is 0 Å². The van der Waals surface area contributed by atoms with Crippen molar-refractivity contribution in [3.8, 4) is 0 Å². The first-order chi connectivity index (χ1) is 11.1. The molecule has 0 unspecified atom stereocenters. The molecule has 0 aromatic carbocycles. The van der Waals surface area contributed by atoms with Gasteiger partial charge in [-0.05, 0) is 38.2 Å². The predicted octanol–water partition coefficient (Wildman–Crippen LogP) is 1.83. The maximum absolute atomic E-state index is 12.6. The first-order valence-corrected chi connectivity index (χ1v) is 8.70. The van der Waals surface area contributed by atoms with Gasteiger partial charge < -0.3 is 9.80 Å². The number of aromatic nitrogens is 2. The Kier molecular flexibility index (Phi) is 4.98. The van der Waals surface area contributed by atoms with Crippen molar-refractivity contribution < 1.29 is 9.59 Å². The lowest BCUT2D eigenvalue weighted by Gasteiger charge is -2.34. The van der Waals surface area contributed by atoms with Crippen LogP contribution in [0.3, 0.4) is 0 Å². The summed E-state index contributed by atoms with van der Waals surface area (Å²) >= 11 is 0. The van der Waals surface area contributed by atoms with E-state index in [1.165, 1.54) is 0 Å². The average Bonchev–Trinajstić information content (AvgIpc) is 2.89. The number of hydrogen-bond donors (Lipinski definition) is 1. The van der Waals surface area contributed by atoms with E-state index in [4.69, 9.17) is 0 Å². The molecular weight excluding hydrogens is 292 g/mol. The van der Waals surface area contributed by atoms with E-state index < -0.39 is 0 Å². The summed E-state index contributed by atoms with van der Waals surface area (Å²) in [6.45, 7) is 4.54. The molecule has 23 heavy (non-hydrogen) atoms. The molecule has 0 aliphatic carbocycles. The molecule has 2 saturated heterocycles.